The maximum absolute atomic E-state index is 4.17. The van der Waals surface area contributed by atoms with Crippen LogP contribution in [0.1, 0.15) is 75.6 Å². The fourth-order valence-corrected chi connectivity index (χ4v) is 4.38. The third kappa shape index (κ3) is 4.80. The van der Waals surface area contributed by atoms with Crippen LogP contribution in [0.5, 0.6) is 0 Å². The van der Waals surface area contributed by atoms with Crippen LogP contribution < -0.4 is 5.32 Å². The molecule has 0 amide bonds. The van der Waals surface area contributed by atoms with Crippen LogP contribution >= 0.6 is 0 Å². The van der Waals surface area contributed by atoms with E-state index in [1.165, 1.54) is 44.4 Å². The predicted octanol–water partition coefficient (Wildman–Crippen LogP) is 7.53. The van der Waals surface area contributed by atoms with Crippen LogP contribution in [0.15, 0.2) is 48.7 Å². The van der Waals surface area contributed by atoms with Crippen LogP contribution in [0.25, 0.3) is 22.2 Å². The Morgan fingerprint density at radius 2 is 1.77 bits per heavy atom. The zero-order valence-electron chi connectivity index (χ0n) is 19.5. The topological polar surface area (TPSA) is 27.8 Å². The normalized spacial score (nSPS) is 11.4. The average molecular weight is 403 g/mol. The Hall–Kier alpha value is -2.48. The Morgan fingerprint density at radius 1 is 1.00 bits per heavy atom. The first kappa shape index (κ1) is 22.2. The van der Waals surface area contributed by atoms with Crippen LogP contribution in [-0.2, 0) is 19.3 Å². The number of aromatic nitrogens is 1. The number of fused-ring (bicyclic) bond motifs is 1. The molecule has 2 N–H and O–H groups in total. The molecule has 0 spiro atoms. The number of benzene rings is 2. The summed E-state index contributed by atoms with van der Waals surface area (Å²) in [6, 6.07) is 13.9. The van der Waals surface area contributed by atoms with E-state index in [2.05, 4.69) is 87.9 Å². The fraction of sp³-hybridized carbons (Fsp3) is 0.429. The summed E-state index contributed by atoms with van der Waals surface area (Å²) in [5.41, 5.74) is 10.7. The van der Waals surface area contributed by atoms with E-state index < -0.39 is 0 Å². The van der Waals surface area contributed by atoms with Gasteiger partial charge in [0, 0.05) is 28.8 Å². The van der Waals surface area contributed by atoms with Crippen molar-refractivity contribution in [2.45, 2.75) is 72.6 Å². The molecule has 0 saturated heterocycles. The van der Waals surface area contributed by atoms with Gasteiger partial charge in [0.05, 0.1) is 0 Å². The summed E-state index contributed by atoms with van der Waals surface area (Å²) in [5.74, 6) is 0.459. The second kappa shape index (κ2) is 10.0. The number of allylic oxidation sites excluding steroid dienone is 1. The molecule has 2 nitrogen and oxygen atoms in total. The number of hydrogen-bond acceptors (Lipinski definition) is 1. The Morgan fingerprint density at radius 3 is 2.43 bits per heavy atom. The molecule has 0 aliphatic rings. The van der Waals surface area contributed by atoms with Gasteiger partial charge in [0.15, 0.2) is 0 Å². The van der Waals surface area contributed by atoms with Crippen molar-refractivity contribution in [1.82, 2.24) is 10.3 Å². The molecule has 1 aromatic heterocycles. The van der Waals surface area contributed by atoms with Crippen molar-refractivity contribution in [3.63, 3.8) is 0 Å². The molecule has 0 atom stereocenters. The van der Waals surface area contributed by atoms with Crippen LogP contribution in [0, 0.1) is 0 Å². The van der Waals surface area contributed by atoms with Crippen LogP contribution in [0.4, 0.5) is 0 Å². The maximum atomic E-state index is 4.17. The molecule has 1 heterocycles. The summed E-state index contributed by atoms with van der Waals surface area (Å²) >= 11 is 0. The minimum absolute atomic E-state index is 0.459. The molecule has 0 aliphatic heterocycles. The number of aromatic amines is 1. The lowest BCUT2D eigenvalue weighted by molar-refractivity contribution is 0.727. The second-order valence-electron chi connectivity index (χ2n) is 8.67. The van der Waals surface area contributed by atoms with Crippen molar-refractivity contribution < 1.29 is 0 Å². The average Bonchev–Trinajstić information content (AvgIpc) is 3.14. The predicted molar refractivity (Wildman–Crippen MR) is 132 cm³/mol. The van der Waals surface area contributed by atoms with E-state index >= 15 is 0 Å². The zero-order chi connectivity index (χ0) is 21.7. The first-order chi connectivity index (χ1) is 14.5. The summed E-state index contributed by atoms with van der Waals surface area (Å²) in [5, 5.41) is 4.78. The molecule has 0 aliphatic carbocycles. The van der Waals surface area contributed by atoms with Crippen LogP contribution in [-0.4, -0.2) is 11.5 Å². The van der Waals surface area contributed by atoms with E-state index in [0.29, 0.717) is 5.92 Å². The molecular formula is C28H38N2. The summed E-state index contributed by atoms with van der Waals surface area (Å²) in [4.78, 5) is 3.74. The number of hydrogen-bond donors (Lipinski definition) is 2. The van der Waals surface area contributed by atoms with Crippen molar-refractivity contribution in [1.29, 1.82) is 0 Å². The Kier molecular flexibility index (Phi) is 7.42. The third-order valence-electron chi connectivity index (χ3n) is 6.08. The smallest absolute Gasteiger partial charge is 0.0500 e. The van der Waals surface area contributed by atoms with Gasteiger partial charge in [-0.2, -0.15) is 0 Å². The lowest BCUT2D eigenvalue weighted by Gasteiger charge is -2.12. The SMILES string of the molecule is C=C(CCc1ccc2[nH]c(-c3ccc(CC)c(CC)c3)c(C(C)C)c2c1)NCCC. The molecule has 0 radical (unpaired) electrons. The van der Waals surface area contributed by atoms with E-state index in [-0.39, 0.29) is 0 Å². The molecule has 0 fully saturated rings. The van der Waals surface area contributed by atoms with Crippen molar-refractivity contribution in [3.8, 4) is 11.3 Å². The first-order valence-electron chi connectivity index (χ1n) is 11.7. The van der Waals surface area contributed by atoms with Gasteiger partial charge in [-0.25, -0.2) is 0 Å². The number of rotatable bonds is 10. The van der Waals surface area contributed by atoms with Gasteiger partial charge in [-0.15, -0.1) is 0 Å². The number of nitrogens with one attached hydrogen (secondary N) is 2. The molecule has 2 heteroatoms. The third-order valence-corrected chi connectivity index (χ3v) is 6.08. The Balaban J connectivity index is 1.97. The van der Waals surface area contributed by atoms with Crippen molar-refractivity contribution >= 4 is 10.9 Å². The molecular weight excluding hydrogens is 364 g/mol. The maximum Gasteiger partial charge on any atom is 0.0500 e. The van der Waals surface area contributed by atoms with Gasteiger partial charge >= 0.3 is 0 Å². The van der Waals surface area contributed by atoms with E-state index in [9.17, 15) is 0 Å². The van der Waals surface area contributed by atoms with E-state index in [1.807, 2.05) is 0 Å². The van der Waals surface area contributed by atoms with Gasteiger partial charge in [-0.1, -0.05) is 59.4 Å². The molecule has 2 aromatic carbocycles. The fourth-order valence-electron chi connectivity index (χ4n) is 4.38. The minimum Gasteiger partial charge on any atom is -0.389 e. The monoisotopic (exact) mass is 402 g/mol. The highest BCUT2D eigenvalue weighted by molar-refractivity contribution is 5.92. The highest BCUT2D eigenvalue weighted by atomic mass is 14.9. The number of aryl methyl sites for hydroxylation is 3. The molecule has 3 rings (SSSR count). The molecule has 3 aromatic rings. The largest absolute Gasteiger partial charge is 0.389 e. The summed E-state index contributed by atoms with van der Waals surface area (Å²) in [6.45, 7) is 16.5. The van der Waals surface area contributed by atoms with Gasteiger partial charge in [-0.3, -0.25) is 0 Å². The Labute approximate surface area is 182 Å². The second-order valence-corrected chi connectivity index (χ2v) is 8.67. The zero-order valence-corrected chi connectivity index (χ0v) is 19.5. The highest BCUT2D eigenvalue weighted by Crippen LogP contribution is 2.37. The van der Waals surface area contributed by atoms with Crippen LogP contribution in [0.2, 0.25) is 0 Å². The van der Waals surface area contributed by atoms with E-state index in [4.69, 9.17) is 0 Å². The summed E-state index contributed by atoms with van der Waals surface area (Å²) in [7, 11) is 0. The first-order valence-corrected chi connectivity index (χ1v) is 11.7. The van der Waals surface area contributed by atoms with E-state index in [1.54, 1.807) is 0 Å². The van der Waals surface area contributed by atoms with Crippen molar-refractivity contribution in [2.75, 3.05) is 6.54 Å². The van der Waals surface area contributed by atoms with E-state index in [0.717, 1.165) is 44.3 Å². The molecule has 160 valence electrons. The number of H-pyrrole nitrogens is 1. The highest BCUT2D eigenvalue weighted by Gasteiger charge is 2.17. The summed E-state index contributed by atoms with van der Waals surface area (Å²) in [6.07, 6.45) is 5.31. The van der Waals surface area contributed by atoms with Crippen molar-refractivity contribution in [3.05, 3.63) is 70.9 Å². The lowest BCUT2D eigenvalue weighted by atomic mass is 9.92. The molecule has 0 saturated carbocycles. The van der Waals surface area contributed by atoms with Crippen LogP contribution in [0.3, 0.4) is 0 Å². The minimum atomic E-state index is 0.459. The van der Waals surface area contributed by atoms with Gasteiger partial charge < -0.3 is 10.3 Å². The van der Waals surface area contributed by atoms with Gasteiger partial charge in [-0.05, 0) is 84.0 Å². The van der Waals surface area contributed by atoms with Gasteiger partial charge in [0.1, 0.15) is 0 Å². The standard InChI is InChI=1S/C28H38N2/c1-7-16-29-20(6)10-11-21-12-15-26-25(17-21)27(19(4)5)28(30-26)24-14-13-22(8-2)23(9-3)18-24/h12-15,17-19,29-30H,6-11,16H2,1-5H3. The lowest BCUT2D eigenvalue weighted by Crippen LogP contribution is -2.13. The van der Waals surface area contributed by atoms with Gasteiger partial charge in [0.25, 0.3) is 0 Å². The quantitative estimate of drug-likeness (QED) is 0.360. The van der Waals surface area contributed by atoms with Crippen molar-refractivity contribution in [2.24, 2.45) is 0 Å². The molecule has 30 heavy (non-hydrogen) atoms. The van der Waals surface area contributed by atoms with Gasteiger partial charge in [0.2, 0.25) is 0 Å². The molecule has 0 unspecified atom stereocenters. The summed E-state index contributed by atoms with van der Waals surface area (Å²) < 4.78 is 0. The molecule has 0 bridgehead atoms. The Bertz CT molecular complexity index is 1010.